The van der Waals surface area contributed by atoms with Crippen molar-refractivity contribution in [1.29, 1.82) is 0 Å². The molecule has 106 valence electrons. The molecule has 1 saturated carbocycles. The van der Waals surface area contributed by atoms with E-state index in [2.05, 4.69) is 37.9 Å². The van der Waals surface area contributed by atoms with E-state index in [1.165, 1.54) is 51.6 Å². The van der Waals surface area contributed by atoms with Gasteiger partial charge in [0.25, 0.3) is 0 Å². The van der Waals surface area contributed by atoms with E-state index in [-0.39, 0.29) is 0 Å². The molecule has 0 aromatic heterocycles. The zero-order valence-corrected chi connectivity index (χ0v) is 12.8. The van der Waals surface area contributed by atoms with E-state index in [9.17, 15) is 0 Å². The van der Waals surface area contributed by atoms with Crippen molar-refractivity contribution in [1.82, 2.24) is 10.2 Å². The molecule has 2 aliphatic rings. The lowest BCUT2D eigenvalue weighted by atomic mass is 9.87. The van der Waals surface area contributed by atoms with E-state index in [1.807, 2.05) is 0 Å². The molecule has 0 radical (unpaired) electrons. The Morgan fingerprint density at radius 1 is 1.22 bits per heavy atom. The molecule has 2 atom stereocenters. The second-order valence-corrected chi connectivity index (χ2v) is 7.05. The van der Waals surface area contributed by atoms with Crippen molar-refractivity contribution in [2.45, 2.75) is 83.8 Å². The molecule has 2 unspecified atom stereocenters. The fourth-order valence-electron chi connectivity index (χ4n) is 4.02. The molecule has 1 saturated heterocycles. The molecule has 18 heavy (non-hydrogen) atoms. The first-order valence-electron chi connectivity index (χ1n) is 8.07. The fraction of sp³-hybridized carbons (Fsp3) is 1.00. The lowest BCUT2D eigenvalue weighted by molar-refractivity contribution is 0.00605. The first-order chi connectivity index (χ1) is 8.57. The third-order valence-electron chi connectivity index (χ3n) is 5.16. The molecule has 0 aromatic carbocycles. The van der Waals surface area contributed by atoms with Gasteiger partial charge >= 0.3 is 0 Å². The van der Waals surface area contributed by atoms with E-state index in [1.54, 1.807) is 0 Å². The highest BCUT2D eigenvalue weighted by Gasteiger charge is 2.44. The van der Waals surface area contributed by atoms with E-state index in [4.69, 9.17) is 0 Å². The number of hydrogen-bond acceptors (Lipinski definition) is 2. The van der Waals surface area contributed by atoms with Crippen molar-refractivity contribution in [3.8, 4) is 0 Å². The van der Waals surface area contributed by atoms with Crippen LogP contribution < -0.4 is 5.32 Å². The van der Waals surface area contributed by atoms with Crippen LogP contribution in [0.1, 0.15) is 66.2 Å². The van der Waals surface area contributed by atoms with Crippen LogP contribution in [-0.2, 0) is 0 Å². The summed E-state index contributed by atoms with van der Waals surface area (Å²) in [5.74, 6) is 0.805. The maximum absolute atomic E-state index is 3.85. The smallest absolute Gasteiger partial charge is 0.0337 e. The van der Waals surface area contributed by atoms with Crippen molar-refractivity contribution < 1.29 is 0 Å². The van der Waals surface area contributed by atoms with Gasteiger partial charge in [-0.2, -0.15) is 0 Å². The summed E-state index contributed by atoms with van der Waals surface area (Å²) < 4.78 is 0. The van der Waals surface area contributed by atoms with Gasteiger partial charge in [-0.3, -0.25) is 4.90 Å². The van der Waals surface area contributed by atoms with Gasteiger partial charge in [0.1, 0.15) is 0 Å². The predicted molar refractivity (Wildman–Crippen MR) is 78.9 cm³/mol. The van der Waals surface area contributed by atoms with Gasteiger partial charge in [-0.05, 0) is 38.5 Å². The molecule has 1 aliphatic carbocycles. The zero-order valence-electron chi connectivity index (χ0n) is 12.8. The van der Waals surface area contributed by atoms with Crippen molar-refractivity contribution in [3.63, 3.8) is 0 Å². The SMILES string of the molecule is CCC(C)N1CC(CC(C)C)NCC12CCCC2. The van der Waals surface area contributed by atoms with Crippen LogP contribution in [0.25, 0.3) is 0 Å². The van der Waals surface area contributed by atoms with Gasteiger partial charge in [0.05, 0.1) is 0 Å². The molecule has 0 aromatic rings. The Balaban J connectivity index is 2.05. The monoisotopic (exact) mass is 252 g/mol. The summed E-state index contributed by atoms with van der Waals surface area (Å²) in [6.07, 6.45) is 8.31. The largest absolute Gasteiger partial charge is 0.311 e. The van der Waals surface area contributed by atoms with Crippen LogP contribution in [0.2, 0.25) is 0 Å². The Labute approximate surface area is 114 Å². The molecule has 0 amide bonds. The van der Waals surface area contributed by atoms with Crippen molar-refractivity contribution in [2.24, 2.45) is 5.92 Å². The van der Waals surface area contributed by atoms with Crippen molar-refractivity contribution in [2.75, 3.05) is 13.1 Å². The van der Waals surface area contributed by atoms with Gasteiger partial charge in [-0.15, -0.1) is 0 Å². The van der Waals surface area contributed by atoms with E-state index >= 15 is 0 Å². The summed E-state index contributed by atoms with van der Waals surface area (Å²) in [7, 11) is 0. The predicted octanol–water partition coefficient (Wildman–Crippen LogP) is 3.42. The molecule has 1 spiro atoms. The molecule has 2 nitrogen and oxygen atoms in total. The van der Waals surface area contributed by atoms with Gasteiger partial charge < -0.3 is 5.32 Å². The quantitative estimate of drug-likeness (QED) is 0.825. The first kappa shape index (κ1) is 14.3. The van der Waals surface area contributed by atoms with Gasteiger partial charge in [-0.1, -0.05) is 33.6 Å². The number of piperazine rings is 1. The van der Waals surface area contributed by atoms with Crippen LogP contribution >= 0.6 is 0 Å². The number of rotatable bonds is 4. The number of hydrogen-bond donors (Lipinski definition) is 1. The van der Waals surface area contributed by atoms with Crippen LogP contribution in [0.3, 0.4) is 0 Å². The minimum absolute atomic E-state index is 0.503. The van der Waals surface area contributed by atoms with Crippen LogP contribution in [0.5, 0.6) is 0 Å². The summed E-state index contributed by atoms with van der Waals surface area (Å²) in [6.45, 7) is 12.0. The van der Waals surface area contributed by atoms with Crippen molar-refractivity contribution >= 4 is 0 Å². The van der Waals surface area contributed by atoms with E-state index in [0.717, 1.165) is 12.0 Å². The lowest BCUT2D eigenvalue weighted by Gasteiger charge is -2.51. The fourth-order valence-corrected chi connectivity index (χ4v) is 4.02. The van der Waals surface area contributed by atoms with Crippen LogP contribution in [0, 0.1) is 5.92 Å². The molecule has 1 N–H and O–H groups in total. The first-order valence-corrected chi connectivity index (χ1v) is 8.07. The molecule has 0 bridgehead atoms. The highest BCUT2D eigenvalue weighted by Crippen LogP contribution is 2.39. The molecule has 2 rings (SSSR count). The summed E-state index contributed by atoms with van der Waals surface area (Å²) in [5.41, 5.74) is 0.503. The second-order valence-electron chi connectivity index (χ2n) is 7.05. The Bertz CT molecular complexity index is 256. The van der Waals surface area contributed by atoms with E-state index in [0.29, 0.717) is 11.6 Å². The normalized spacial score (nSPS) is 30.2. The maximum Gasteiger partial charge on any atom is 0.0337 e. The maximum atomic E-state index is 3.85. The molecule has 2 fully saturated rings. The average Bonchev–Trinajstić information content (AvgIpc) is 2.80. The topological polar surface area (TPSA) is 15.3 Å². The summed E-state index contributed by atoms with van der Waals surface area (Å²) >= 11 is 0. The Kier molecular flexibility index (Phi) is 4.71. The molecular weight excluding hydrogens is 220 g/mol. The number of nitrogens with one attached hydrogen (secondary N) is 1. The summed E-state index contributed by atoms with van der Waals surface area (Å²) in [4.78, 5) is 2.86. The second kappa shape index (κ2) is 5.92. The minimum Gasteiger partial charge on any atom is -0.311 e. The standard InChI is InChI=1S/C16H32N2/c1-5-14(4)18-11-15(10-13(2)3)17-12-16(18)8-6-7-9-16/h13-15,17H,5-12H2,1-4H3. The van der Waals surface area contributed by atoms with Crippen molar-refractivity contribution in [3.05, 3.63) is 0 Å². The third kappa shape index (κ3) is 2.91. The van der Waals surface area contributed by atoms with Gasteiger partial charge in [0, 0.05) is 30.7 Å². The van der Waals surface area contributed by atoms with Gasteiger partial charge in [0.15, 0.2) is 0 Å². The van der Waals surface area contributed by atoms with E-state index < -0.39 is 0 Å². The molecular formula is C16H32N2. The lowest BCUT2D eigenvalue weighted by Crippen LogP contribution is -2.65. The third-order valence-corrected chi connectivity index (χ3v) is 5.16. The number of nitrogens with zero attached hydrogens (tertiary/aromatic N) is 1. The summed E-state index contributed by atoms with van der Waals surface area (Å²) in [6, 6.07) is 1.46. The Morgan fingerprint density at radius 3 is 2.44 bits per heavy atom. The zero-order chi connectivity index (χ0) is 13.2. The minimum atomic E-state index is 0.503. The Morgan fingerprint density at radius 2 is 1.89 bits per heavy atom. The highest BCUT2D eigenvalue weighted by atomic mass is 15.3. The molecule has 1 heterocycles. The molecule has 2 heteroatoms. The van der Waals surface area contributed by atoms with Crippen LogP contribution in [0.4, 0.5) is 0 Å². The van der Waals surface area contributed by atoms with Gasteiger partial charge in [-0.25, -0.2) is 0 Å². The van der Waals surface area contributed by atoms with Crippen LogP contribution in [-0.4, -0.2) is 35.6 Å². The Hall–Kier alpha value is -0.0800. The summed E-state index contributed by atoms with van der Waals surface area (Å²) in [5, 5.41) is 3.85. The van der Waals surface area contributed by atoms with Crippen LogP contribution in [0.15, 0.2) is 0 Å². The average molecular weight is 252 g/mol. The highest BCUT2D eigenvalue weighted by molar-refractivity contribution is 5.03. The van der Waals surface area contributed by atoms with Gasteiger partial charge in [0.2, 0.25) is 0 Å². The molecule has 1 aliphatic heterocycles.